The molecule has 2 unspecified atom stereocenters. The van der Waals surface area contributed by atoms with E-state index in [0.717, 1.165) is 24.2 Å². The SMILES string of the molecule is CCCSc1nc(NC2CC2c2ccc(F)cc2)c2nnn([C@@H]3O[C@H](CO)[C@@H](O)[C@H]3O)c2n1. The first-order valence-corrected chi connectivity index (χ1v) is 11.9. The van der Waals surface area contributed by atoms with Crippen LogP contribution in [0.3, 0.4) is 0 Å². The Labute approximate surface area is 193 Å². The van der Waals surface area contributed by atoms with Crippen LogP contribution in [0.1, 0.15) is 37.5 Å². The molecule has 1 aliphatic carbocycles. The first-order valence-electron chi connectivity index (χ1n) is 10.9. The summed E-state index contributed by atoms with van der Waals surface area (Å²) in [5.41, 5.74) is 1.83. The molecular formula is C21H25FN6O4S. The number of aliphatic hydroxyl groups excluding tert-OH is 3. The minimum Gasteiger partial charge on any atom is -0.394 e. The molecule has 12 heteroatoms. The summed E-state index contributed by atoms with van der Waals surface area (Å²) >= 11 is 1.49. The summed E-state index contributed by atoms with van der Waals surface area (Å²) in [6.07, 6.45) is -2.71. The van der Waals surface area contributed by atoms with Gasteiger partial charge in [-0.15, -0.1) is 5.10 Å². The van der Waals surface area contributed by atoms with E-state index >= 15 is 0 Å². The van der Waals surface area contributed by atoms with Crippen molar-refractivity contribution in [2.75, 3.05) is 17.7 Å². The van der Waals surface area contributed by atoms with Crippen LogP contribution >= 0.6 is 11.8 Å². The minimum absolute atomic E-state index is 0.108. The fraction of sp³-hybridized carbons (Fsp3) is 0.524. The number of aliphatic hydroxyl groups is 3. The Kier molecular flexibility index (Phi) is 6.18. The van der Waals surface area contributed by atoms with Crippen LogP contribution in [0.2, 0.25) is 0 Å². The fourth-order valence-electron chi connectivity index (χ4n) is 4.03. The van der Waals surface area contributed by atoms with Gasteiger partial charge in [-0.3, -0.25) is 0 Å². The molecule has 2 fully saturated rings. The minimum atomic E-state index is -1.29. The van der Waals surface area contributed by atoms with E-state index in [1.165, 1.54) is 28.6 Å². The highest BCUT2D eigenvalue weighted by molar-refractivity contribution is 7.99. The molecule has 1 saturated heterocycles. The van der Waals surface area contributed by atoms with Crippen molar-refractivity contribution in [1.29, 1.82) is 0 Å². The molecule has 0 amide bonds. The number of nitrogens with one attached hydrogen (secondary N) is 1. The molecule has 0 bridgehead atoms. The molecule has 2 aliphatic rings. The van der Waals surface area contributed by atoms with Gasteiger partial charge in [0.05, 0.1) is 6.61 Å². The number of benzene rings is 1. The van der Waals surface area contributed by atoms with Crippen LogP contribution in [-0.4, -0.2) is 77.0 Å². The molecule has 1 aromatic carbocycles. The van der Waals surface area contributed by atoms with Crippen LogP contribution < -0.4 is 5.32 Å². The van der Waals surface area contributed by atoms with Crippen molar-refractivity contribution in [1.82, 2.24) is 25.0 Å². The lowest BCUT2D eigenvalue weighted by atomic mass is 10.1. The van der Waals surface area contributed by atoms with Gasteiger partial charge < -0.3 is 25.4 Å². The molecule has 2 aromatic heterocycles. The fourth-order valence-corrected chi connectivity index (χ4v) is 4.72. The van der Waals surface area contributed by atoms with Crippen molar-refractivity contribution in [3.05, 3.63) is 35.6 Å². The molecule has 5 rings (SSSR count). The van der Waals surface area contributed by atoms with Gasteiger partial charge >= 0.3 is 0 Å². The average Bonchev–Trinajstić information content (AvgIpc) is 3.35. The van der Waals surface area contributed by atoms with Crippen molar-refractivity contribution in [2.24, 2.45) is 0 Å². The molecular weight excluding hydrogens is 451 g/mol. The number of nitrogens with zero attached hydrogens (tertiary/aromatic N) is 5. The Balaban J connectivity index is 1.45. The van der Waals surface area contributed by atoms with Crippen LogP contribution in [0.15, 0.2) is 29.4 Å². The van der Waals surface area contributed by atoms with E-state index in [1.54, 1.807) is 12.1 Å². The second-order valence-corrected chi connectivity index (χ2v) is 9.34. The van der Waals surface area contributed by atoms with Gasteiger partial charge in [-0.05, 0) is 30.5 Å². The number of ether oxygens (including phenoxy) is 1. The van der Waals surface area contributed by atoms with E-state index in [-0.39, 0.29) is 17.8 Å². The van der Waals surface area contributed by atoms with Crippen LogP contribution in [0.4, 0.5) is 10.2 Å². The predicted molar refractivity (Wildman–Crippen MR) is 118 cm³/mol. The standard InChI is InChI=1S/C21H25FN6O4S/c1-2-7-33-21-24-18(23-13-8-12(13)10-3-5-11(22)6-4-10)15-19(25-21)28(27-26-15)20-17(31)16(30)14(9-29)32-20/h3-6,12-14,16-17,20,29-31H,2,7-9H2,1H3,(H,23,24,25)/t12?,13?,14-,16-,17-,20-/m1/s1. The summed E-state index contributed by atoms with van der Waals surface area (Å²) in [5.74, 6) is 1.31. The molecule has 10 nitrogen and oxygen atoms in total. The number of thioether (sulfide) groups is 1. The highest BCUT2D eigenvalue weighted by Crippen LogP contribution is 2.43. The Hall–Kier alpha value is -2.38. The lowest BCUT2D eigenvalue weighted by Crippen LogP contribution is -2.33. The normalized spacial score (nSPS) is 29.0. The maximum atomic E-state index is 13.3. The molecule has 33 heavy (non-hydrogen) atoms. The lowest BCUT2D eigenvalue weighted by Gasteiger charge is -2.15. The van der Waals surface area contributed by atoms with Gasteiger partial charge in [0.25, 0.3) is 0 Å². The summed E-state index contributed by atoms with van der Waals surface area (Å²) in [5, 5.41) is 42.3. The van der Waals surface area contributed by atoms with E-state index in [1.807, 2.05) is 0 Å². The zero-order valence-corrected chi connectivity index (χ0v) is 18.7. The molecule has 1 saturated carbocycles. The van der Waals surface area contributed by atoms with E-state index in [9.17, 15) is 19.7 Å². The second kappa shape index (κ2) is 9.11. The topological polar surface area (TPSA) is 138 Å². The number of anilines is 1. The summed E-state index contributed by atoms with van der Waals surface area (Å²) in [4.78, 5) is 9.21. The highest BCUT2D eigenvalue weighted by Gasteiger charge is 2.45. The van der Waals surface area contributed by atoms with Crippen LogP contribution in [-0.2, 0) is 4.74 Å². The van der Waals surface area contributed by atoms with E-state index in [0.29, 0.717) is 22.1 Å². The first-order chi connectivity index (χ1) is 16.0. The average molecular weight is 477 g/mol. The van der Waals surface area contributed by atoms with Gasteiger partial charge in [0.15, 0.2) is 28.4 Å². The van der Waals surface area contributed by atoms with E-state index in [2.05, 4.69) is 32.5 Å². The van der Waals surface area contributed by atoms with Crippen molar-refractivity contribution < 1.29 is 24.4 Å². The third-order valence-corrected chi connectivity index (χ3v) is 6.96. The highest BCUT2D eigenvalue weighted by atomic mass is 32.2. The zero-order chi connectivity index (χ0) is 23.1. The van der Waals surface area contributed by atoms with Gasteiger partial charge in [-0.2, -0.15) is 4.68 Å². The quantitative estimate of drug-likeness (QED) is 0.279. The summed E-state index contributed by atoms with van der Waals surface area (Å²) in [6.45, 7) is 1.63. The Morgan fingerprint density at radius 1 is 1.21 bits per heavy atom. The number of hydrogen-bond donors (Lipinski definition) is 4. The maximum absolute atomic E-state index is 13.3. The predicted octanol–water partition coefficient (Wildman–Crippen LogP) is 1.44. The summed E-state index contributed by atoms with van der Waals surface area (Å²) in [7, 11) is 0. The first kappa shape index (κ1) is 22.4. The molecule has 0 spiro atoms. The van der Waals surface area contributed by atoms with Crippen LogP contribution in [0.25, 0.3) is 11.2 Å². The Morgan fingerprint density at radius 3 is 2.70 bits per heavy atom. The van der Waals surface area contributed by atoms with Gasteiger partial charge in [-0.1, -0.05) is 36.0 Å². The van der Waals surface area contributed by atoms with E-state index < -0.39 is 31.1 Å². The van der Waals surface area contributed by atoms with Crippen molar-refractivity contribution in [2.45, 2.75) is 61.4 Å². The molecule has 3 heterocycles. The van der Waals surface area contributed by atoms with Gasteiger partial charge in [0, 0.05) is 17.7 Å². The third-order valence-electron chi connectivity index (χ3n) is 5.91. The summed E-state index contributed by atoms with van der Waals surface area (Å²) in [6, 6.07) is 6.60. The van der Waals surface area contributed by atoms with Crippen LogP contribution in [0.5, 0.6) is 0 Å². The number of rotatable bonds is 8. The number of halogens is 1. The maximum Gasteiger partial charge on any atom is 0.191 e. The molecule has 3 aromatic rings. The van der Waals surface area contributed by atoms with Gasteiger partial charge in [0.1, 0.15) is 24.1 Å². The number of fused-ring (bicyclic) bond motifs is 1. The Bertz CT molecular complexity index is 1130. The van der Waals surface area contributed by atoms with Gasteiger partial charge in [0.2, 0.25) is 0 Å². The largest absolute Gasteiger partial charge is 0.394 e. The van der Waals surface area contributed by atoms with Crippen molar-refractivity contribution >= 4 is 28.7 Å². The number of aromatic nitrogens is 5. The third kappa shape index (κ3) is 4.28. The van der Waals surface area contributed by atoms with Crippen molar-refractivity contribution in [3.63, 3.8) is 0 Å². The van der Waals surface area contributed by atoms with E-state index in [4.69, 9.17) is 4.74 Å². The van der Waals surface area contributed by atoms with Gasteiger partial charge in [-0.25, -0.2) is 14.4 Å². The molecule has 1 aliphatic heterocycles. The smallest absolute Gasteiger partial charge is 0.191 e. The zero-order valence-electron chi connectivity index (χ0n) is 17.9. The monoisotopic (exact) mass is 476 g/mol. The number of hydrogen-bond acceptors (Lipinski definition) is 10. The summed E-state index contributed by atoms with van der Waals surface area (Å²) < 4.78 is 20.2. The lowest BCUT2D eigenvalue weighted by molar-refractivity contribution is -0.0575. The molecule has 6 atom stereocenters. The molecule has 4 N–H and O–H groups in total. The Morgan fingerprint density at radius 2 is 2.00 bits per heavy atom. The second-order valence-electron chi connectivity index (χ2n) is 8.28. The van der Waals surface area contributed by atoms with Crippen LogP contribution in [0, 0.1) is 5.82 Å². The van der Waals surface area contributed by atoms with Crippen molar-refractivity contribution in [3.8, 4) is 0 Å². The molecule has 0 radical (unpaired) electrons. The molecule has 176 valence electrons.